The zero-order valence-corrected chi connectivity index (χ0v) is 13.1. The number of carbonyl (C=O) groups excluding carboxylic acids is 1. The third-order valence-electron chi connectivity index (χ3n) is 1.68. The molecule has 17 heavy (non-hydrogen) atoms. The zero-order chi connectivity index (χ0) is 13.5. The number of alkyl halides is 3. The first-order valence-corrected chi connectivity index (χ1v) is 9.94. The monoisotopic (exact) mass is 385 g/mol. The molecule has 0 rings (SSSR count). The molecule has 4 nitrogen and oxygen atoms in total. The van der Waals surface area contributed by atoms with Gasteiger partial charge in [-0.25, -0.2) is 0 Å². The molecule has 0 spiro atoms. The van der Waals surface area contributed by atoms with E-state index >= 15 is 0 Å². The predicted octanol–water partition coefficient (Wildman–Crippen LogP) is -0.129. The Bertz CT molecular complexity index is 287. The molecule has 0 unspecified atom stereocenters. The second-order valence-electron chi connectivity index (χ2n) is 3.17. The van der Waals surface area contributed by atoms with Crippen LogP contribution in [-0.4, -0.2) is 27.6 Å². The van der Waals surface area contributed by atoms with Gasteiger partial charge in [0.05, 0.1) is 0 Å². The van der Waals surface area contributed by atoms with Crippen LogP contribution in [0.15, 0.2) is 0 Å². The Morgan fingerprint density at radius 1 is 1.24 bits per heavy atom. The van der Waals surface area contributed by atoms with Gasteiger partial charge in [0.15, 0.2) is 0 Å². The Balaban J connectivity index is 5.00. The first kappa shape index (κ1) is 17.4. The van der Waals surface area contributed by atoms with Crippen LogP contribution in [0.1, 0.15) is 26.7 Å². The van der Waals surface area contributed by atoms with Gasteiger partial charge in [-0.3, -0.25) is 0 Å². The Hall–Kier alpha value is 0.410. The maximum atomic E-state index is 13.7. The minimum absolute atomic E-state index is 0.119. The predicted molar refractivity (Wildman–Crippen MR) is 56.0 cm³/mol. The Morgan fingerprint density at radius 3 is 1.94 bits per heavy atom. The van der Waals surface area contributed by atoms with Crippen molar-refractivity contribution >= 4 is 11.4 Å². The second-order valence-corrected chi connectivity index (χ2v) is 7.30. The Labute approximate surface area is 110 Å². The number of halogens is 3. The topological polar surface area (TPSA) is 52.6 Å². The molecular weight excluding hydrogens is 368 g/mol. The second kappa shape index (κ2) is 7.76. The van der Waals surface area contributed by atoms with Crippen LogP contribution in [0.5, 0.6) is 0 Å². The molecule has 0 radical (unpaired) electrons. The van der Waals surface area contributed by atoms with E-state index < -0.39 is 38.3 Å². The fourth-order valence-electron chi connectivity index (χ4n) is 0.844. The van der Waals surface area contributed by atoms with Crippen molar-refractivity contribution < 1.29 is 48.4 Å². The SMILES string of the molecule is CCCOP(=O)(OCCC)C(F)(F)C(=O)[I-]C. The van der Waals surface area contributed by atoms with Crippen molar-refractivity contribution in [3.05, 3.63) is 0 Å². The third kappa shape index (κ3) is 4.54. The molecule has 0 aliphatic heterocycles. The molecule has 0 aromatic rings. The summed E-state index contributed by atoms with van der Waals surface area (Å²) in [5.74, 6) is 0. The molecule has 0 saturated carbocycles. The summed E-state index contributed by atoms with van der Waals surface area (Å²) < 4.78 is 47.3. The van der Waals surface area contributed by atoms with Gasteiger partial charge >= 0.3 is 110 Å². The summed E-state index contributed by atoms with van der Waals surface area (Å²) >= 11 is -1.36. The van der Waals surface area contributed by atoms with Gasteiger partial charge in [-0.05, 0) is 0 Å². The molecule has 0 aliphatic carbocycles. The molecule has 0 bridgehead atoms. The summed E-state index contributed by atoms with van der Waals surface area (Å²) in [5, 5.41) is 0. The van der Waals surface area contributed by atoms with Crippen LogP contribution in [-0.2, 0) is 18.4 Å². The van der Waals surface area contributed by atoms with Crippen LogP contribution < -0.4 is 21.2 Å². The van der Waals surface area contributed by atoms with Crippen molar-refractivity contribution in [2.75, 3.05) is 18.1 Å². The van der Waals surface area contributed by atoms with E-state index in [-0.39, 0.29) is 13.2 Å². The summed E-state index contributed by atoms with van der Waals surface area (Å²) in [6, 6.07) is 0. The van der Waals surface area contributed by atoms with E-state index in [0.717, 1.165) is 0 Å². The fraction of sp³-hybridized carbons (Fsp3) is 0.889. The van der Waals surface area contributed by atoms with E-state index in [0.29, 0.717) is 12.8 Å². The molecule has 0 saturated heterocycles. The van der Waals surface area contributed by atoms with Crippen molar-refractivity contribution in [1.29, 1.82) is 0 Å². The van der Waals surface area contributed by atoms with Gasteiger partial charge in [-0.2, -0.15) is 0 Å². The summed E-state index contributed by atoms with van der Waals surface area (Å²) in [4.78, 5) is 12.6. The van der Waals surface area contributed by atoms with Crippen molar-refractivity contribution in [1.82, 2.24) is 0 Å². The quantitative estimate of drug-likeness (QED) is 0.240. The molecule has 104 valence electrons. The first-order chi connectivity index (χ1) is 7.85. The van der Waals surface area contributed by atoms with Gasteiger partial charge in [-0.1, -0.05) is 0 Å². The average Bonchev–Trinajstić information content (AvgIpc) is 2.32. The third-order valence-corrected chi connectivity index (χ3v) is 5.70. The summed E-state index contributed by atoms with van der Waals surface area (Å²) in [6.45, 7) is 3.14. The number of hydrogen-bond acceptors (Lipinski definition) is 4. The van der Waals surface area contributed by atoms with Crippen molar-refractivity contribution in [3.8, 4) is 0 Å². The molecule has 0 atom stereocenters. The van der Waals surface area contributed by atoms with Crippen LogP contribution in [0.25, 0.3) is 0 Å². The van der Waals surface area contributed by atoms with Crippen molar-refractivity contribution in [2.45, 2.75) is 32.4 Å². The van der Waals surface area contributed by atoms with Crippen molar-refractivity contribution in [2.24, 2.45) is 0 Å². The molecule has 0 heterocycles. The molecule has 0 aromatic carbocycles. The van der Waals surface area contributed by atoms with E-state index in [1.807, 2.05) is 0 Å². The summed E-state index contributed by atoms with van der Waals surface area (Å²) in [5.41, 5.74) is -4.01. The molecule has 0 amide bonds. The normalized spacial score (nSPS) is 13.0. The number of carbonyl (C=O) groups is 1. The van der Waals surface area contributed by atoms with Gasteiger partial charge < -0.3 is 0 Å². The van der Waals surface area contributed by atoms with Crippen LogP contribution in [0, 0.1) is 0 Å². The molecule has 0 N–H and O–H groups in total. The fourth-order valence-corrected chi connectivity index (χ4v) is 4.41. The maximum absolute atomic E-state index is 13.7. The minimum atomic E-state index is -4.68. The van der Waals surface area contributed by atoms with Gasteiger partial charge in [0.1, 0.15) is 0 Å². The van der Waals surface area contributed by atoms with E-state index in [9.17, 15) is 18.1 Å². The van der Waals surface area contributed by atoms with Crippen LogP contribution in [0.3, 0.4) is 0 Å². The van der Waals surface area contributed by atoms with Gasteiger partial charge in [-0.15, -0.1) is 0 Å². The van der Waals surface area contributed by atoms with Gasteiger partial charge in [0.25, 0.3) is 0 Å². The Kier molecular flexibility index (Phi) is 7.95. The molecule has 0 aliphatic rings. The van der Waals surface area contributed by atoms with E-state index in [1.54, 1.807) is 13.8 Å². The number of rotatable bonds is 9. The van der Waals surface area contributed by atoms with E-state index in [4.69, 9.17) is 0 Å². The van der Waals surface area contributed by atoms with Crippen LogP contribution in [0.4, 0.5) is 8.78 Å². The zero-order valence-electron chi connectivity index (χ0n) is 10.0. The number of hydrogen-bond donors (Lipinski definition) is 0. The van der Waals surface area contributed by atoms with Crippen molar-refractivity contribution in [3.63, 3.8) is 0 Å². The summed E-state index contributed by atoms with van der Waals surface area (Å²) in [7, 11) is -4.68. The molecular formula is C9H17F2IO4P-. The molecule has 0 fully saturated rings. The summed E-state index contributed by atoms with van der Waals surface area (Å²) in [6.07, 6.45) is 0.843. The average molecular weight is 385 g/mol. The first-order valence-electron chi connectivity index (χ1n) is 5.16. The molecule has 0 aromatic heterocycles. The van der Waals surface area contributed by atoms with Crippen LogP contribution in [0.2, 0.25) is 0 Å². The van der Waals surface area contributed by atoms with Gasteiger partial charge in [0, 0.05) is 0 Å². The van der Waals surface area contributed by atoms with Gasteiger partial charge in [0.2, 0.25) is 0 Å². The Morgan fingerprint density at radius 2 is 1.65 bits per heavy atom. The van der Waals surface area contributed by atoms with E-state index in [1.165, 1.54) is 4.93 Å². The van der Waals surface area contributed by atoms with Crippen LogP contribution >= 0.6 is 7.60 Å². The van der Waals surface area contributed by atoms with E-state index in [2.05, 4.69) is 9.05 Å². The standard InChI is InChI=1S/C9H17F2IO4P/c1-4-6-15-17(14,16-7-5-2)9(10,11)8(13)12-3/h4-7H2,1-3H3/q-1. The molecule has 8 heteroatoms.